The Morgan fingerprint density at radius 3 is 2.05 bits per heavy atom. The van der Waals surface area contributed by atoms with Crippen LogP contribution in [0.5, 0.6) is 0 Å². The van der Waals surface area contributed by atoms with Crippen LogP contribution >= 0.6 is 0 Å². The molecule has 2 aromatic carbocycles. The zero-order valence-corrected chi connectivity index (χ0v) is 12.1. The number of aryl methyl sites for hydroxylation is 1. The molecule has 0 unspecified atom stereocenters. The predicted octanol–water partition coefficient (Wildman–Crippen LogP) is 3.68. The van der Waals surface area contributed by atoms with Crippen LogP contribution in [0.2, 0.25) is 0 Å². The summed E-state index contributed by atoms with van der Waals surface area (Å²) in [5, 5.41) is 18.6. The molecular weight excluding hydrogens is 268 g/mol. The van der Waals surface area contributed by atoms with Crippen LogP contribution in [0, 0.1) is 20.8 Å². The van der Waals surface area contributed by atoms with Gasteiger partial charge in [-0.3, -0.25) is 0 Å². The molecule has 0 heterocycles. The van der Waals surface area contributed by atoms with E-state index in [4.69, 9.17) is 0 Å². The summed E-state index contributed by atoms with van der Waals surface area (Å²) < 4.78 is 0. The van der Waals surface area contributed by atoms with Crippen molar-refractivity contribution >= 4 is 11.9 Å². The van der Waals surface area contributed by atoms with Crippen LogP contribution in [0.1, 0.15) is 37.4 Å². The summed E-state index contributed by atoms with van der Waals surface area (Å²) in [6.07, 6.45) is 0. The van der Waals surface area contributed by atoms with Gasteiger partial charge in [0, 0.05) is 0 Å². The molecule has 0 radical (unpaired) electrons. The van der Waals surface area contributed by atoms with Gasteiger partial charge >= 0.3 is 11.9 Å². The van der Waals surface area contributed by atoms with Crippen molar-refractivity contribution < 1.29 is 19.8 Å². The first-order valence-corrected chi connectivity index (χ1v) is 6.51. The molecule has 0 bridgehead atoms. The Labute approximate surface area is 122 Å². The van der Waals surface area contributed by atoms with Gasteiger partial charge in [-0.25, -0.2) is 9.59 Å². The minimum absolute atomic E-state index is 0.211. The fourth-order valence-corrected chi connectivity index (χ4v) is 2.60. The summed E-state index contributed by atoms with van der Waals surface area (Å²) in [6.45, 7) is 5.29. The summed E-state index contributed by atoms with van der Waals surface area (Å²) >= 11 is 0. The Bertz CT molecular complexity index is 745. The Morgan fingerprint density at radius 2 is 1.48 bits per heavy atom. The van der Waals surface area contributed by atoms with Crippen LogP contribution in [0.25, 0.3) is 11.1 Å². The summed E-state index contributed by atoms with van der Waals surface area (Å²) in [5.41, 5.74) is 3.93. The molecule has 0 aromatic heterocycles. The van der Waals surface area contributed by atoms with E-state index >= 15 is 0 Å². The second-order valence-electron chi connectivity index (χ2n) is 5.02. The molecule has 2 rings (SSSR count). The molecule has 0 spiro atoms. The van der Waals surface area contributed by atoms with Gasteiger partial charge in [0.05, 0.1) is 11.1 Å². The highest BCUT2D eigenvalue weighted by molar-refractivity contribution is 5.98. The average Bonchev–Trinajstić information content (AvgIpc) is 2.42. The average molecular weight is 284 g/mol. The third kappa shape index (κ3) is 2.52. The number of benzene rings is 2. The van der Waals surface area contributed by atoms with Gasteiger partial charge in [-0.05, 0) is 54.7 Å². The second-order valence-corrected chi connectivity index (χ2v) is 5.02. The molecule has 4 heteroatoms. The highest BCUT2D eigenvalue weighted by Crippen LogP contribution is 2.32. The highest BCUT2D eigenvalue weighted by atomic mass is 16.4. The molecule has 0 fully saturated rings. The Morgan fingerprint density at radius 1 is 0.857 bits per heavy atom. The quantitative estimate of drug-likeness (QED) is 0.901. The molecule has 4 nitrogen and oxygen atoms in total. The van der Waals surface area contributed by atoms with E-state index in [0.29, 0.717) is 16.7 Å². The van der Waals surface area contributed by atoms with Crippen LogP contribution in [0.15, 0.2) is 30.3 Å². The summed E-state index contributed by atoms with van der Waals surface area (Å²) in [4.78, 5) is 22.7. The lowest BCUT2D eigenvalue weighted by molar-refractivity contribution is 0.0685. The predicted molar refractivity (Wildman–Crippen MR) is 80.0 cm³/mol. The minimum Gasteiger partial charge on any atom is -0.478 e. The lowest BCUT2D eigenvalue weighted by Crippen LogP contribution is -2.07. The van der Waals surface area contributed by atoms with Gasteiger partial charge in [0.2, 0.25) is 0 Å². The summed E-state index contributed by atoms with van der Waals surface area (Å²) in [5.74, 6) is -1.96. The summed E-state index contributed by atoms with van der Waals surface area (Å²) in [6, 6.07) is 8.48. The van der Waals surface area contributed by atoms with E-state index in [1.807, 2.05) is 6.92 Å². The van der Waals surface area contributed by atoms with Crippen molar-refractivity contribution in [1.82, 2.24) is 0 Å². The number of carbonyl (C=O) groups is 2. The van der Waals surface area contributed by atoms with Crippen molar-refractivity contribution in [2.45, 2.75) is 20.8 Å². The lowest BCUT2D eigenvalue weighted by atomic mass is 9.88. The monoisotopic (exact) mass is 284 g/mol. The molecule has 21 heavy (non-hydrogen) atoms. The molecule has 0 atom stereocenters. The maximum Gasteiger partial charge on any atom is 0.336 e. The number of rotatable bonds is 3. The van der Waals surface area contributed by atoms with Gasteiger partial charge in [-0.1, -0.05) is 24.3 Å². The molecule has 2 N–H and O–H groups in total. The zero-order valence-electron chi connectivity index (χ0n) is 12.1. The molecule has 108 valence electrons. The SMILES string of the molecule is Cc1cc(-c2ccccc2C(=O)O)c(C)c(C)c1C(=O)O. The van der Waals surface area contributed by atoms with E-state index in [-0.39, 0.29) is 11.1 Å². The number of carboxylic acids is 2. The fourth-order valence-electron chi connectivity index (χ4n) is 2.60. The van der Waals surface area contributed by atoms with Gasteiger partial charge in [-0.2, -0.15) is 0 Å². The van der Waals surface area contributed by atoms with Crippen molar-refractivity contribution in [1.29, 1.82) is 0 Å². The van der Waals surface area contributed by atoms with Gasteiger partial charge in [-0.15, -0.1) is 0 Å². The maximum atomic E-state index is 11.4. The molecule has 0 saturated carbocycles. The third-order valence-electron chi connectivity index (χ3n) is 3.76. The smallest absolute Gasteiger partial charge is 0.336 e. The van der Waals surface area contributed by atoms with Gasteiger partial charge in [0.1, 0.15) is 0 Å². The first-order chi connectivity index (χ1) is 9.84. The van der Waals surface area contributed by atoms with Crippen molar-refractivity contribution in [3.8, 4) is 11.1 Å². The third-order valence-corrected chi connectivity index (χ3v) is 3.76. The minimum atomic E-state index is -0.998. The van der Waals surface area contributed by atoms with Crippen LogP contribution in [-0.4, -0.2) is 22.2 Å². The lowest BCUT2D eigenvalue weighted by Gasteiger charge is -2.16. The van der Waals surface area contributed by atoms with Gasteiger partial charge in [0.15, 0.2) is 0 Å². The highest BCUT2D eigenvalue weighted by Gasteiger charge is 2.19. The van der Waals surface area contributed by atoms with E-state index in [1.165, 1.54) is 0 Å². The largest absolute Gasteiger partial charge is 0.478 e. The van der Waals surface area contributed by atoms with E-state index in [2.05, 4.69) is 0 Å². The second kappa shape index (κ2) is 5.40. The van der Waals surface area contributed by atoms with E-state index < -0.39 is 11.9 Å². The van der Waals surface area contributed by atoms with E-state index in [1.54, 1.807) is 44.2 Å². The van der Waals surface area contributed by atoms with E-state index in [9.17, 15) is 19.8 Å². The molecule has 0 saturated heterocycles. The van der Waals surface area contributed by atoms with Crippen molar-refractivity contribution in [2.75, 3.05) is 0 Å². The van der Waals surface area contributed by atoms with Crippen molar-refractivity contribution in [3.63, 3.8) is 0 Å². The van der Waals surface area contributed by atoms with E-state index in [0.717, 1.165) is 11.1 Å². The standard InChI is InChI=1S/C17H16O4/c1-9-8-14(10(2)11(3)15(9)17(20)21)12-6-4-5-7-13(12)16(18)19/h4-8H,1-3H3,(H,18,19)(H,20,21). The van der Waals surface area contributed by atoms with Crippen molar-refractivity contribution in [2.24, 2.45) is 0 Å². The molecule has 0 aliphatic carbocycles. The normalized spacial score (nSPS) is 10.4. The van der Waals surface area contributed by atoms with Gasteiger partial charge < -0.3 is 10.2 Å². The topological polar surface area (TPSA) is 74.6 Å². The van der Waals surface area contributed by atoms with Crippen molar-refractivity contribution in [3.05, 3.63) is 58.1 Å². The Balaban J connectivity index is 2.78. The molecule has 2 aromatic rings. The number of hydrogen-bond acceptors (Lipinski definition) is 2. The Hall–Kier alpha value is -2.62. The molecule has 0 amide bonds. The van der Waals surface area contributed by atoms with Gasteiger partial charge in [0.25, 0.3) is 0 Å². The van der Waals surface area contributed by atoms with Crippen LogP contribution in [0.3, 0.4) is 0 Å². The molecular formula is C17H16O4. The maximum absolute atomic E-state index is 11.4. The Kier molecular flexibility index (Phi) is 3.80. The van der Waals surface area contributed by atoms with Crippen LogP contribution in [-0.2, 0) is 0 Å². The van der Waals surface area contributed by atoms with Crippen LogP contribution in [0.4, 0.5) is 0 Å². The number of hydrogen-bond donors (Lipinski definition) is 2. The fraction of sp³-hybridized carbons (Fsp3) is 0.176. The summed E-state index contributed by atoms with van der Waals surface area (Å²) in [7, 11) is 0. The number of aromatic carboxylic acids is 2. The first-order valence-electron chi connectivity index (χ1n) is 6.51. The molecule has 0 aliphatic heterocycles. The number of carboxylic acid groups (broad SMARTS) is 2. The zero-order chi connectivity index (χ0) is 15.7. The first kappa shape index (κ1) is 14.8. The van der Waals surface area contributed by atoms with Crippen LogP contribution < -0.4 is 0 Å². The molecule has 0 aliphatic rings.